The maximum atomic E-state index is 12.7. The quantitative estimate of drug-likeness (QED) is 0.883. The number of carboxylic acids is 1. The van der Waals surface area contributed by atoms with Crippen molar-refractivity contribution in [1.82, 2.24) is 4.90 Å². The van der Waals surface area contributed by atoms with Crippen molar-refractivity contribution in [3.05, 3.63) is 29.8 Å². The maximum Gasteiger partial charge on any atom is 0.303 e. The minimum Gasteiger partial charge on any atom is -0.481 e. The Hall–Kier alpha value is -1.89. The fourth-order valence-electron chi connectivity index (χ4n) is 2.83. The molecular weight excluding hydrogens is 318 g/mol. The zero-order valence-electron chi connectivity index (χ0n) is 13.1. The number of sulfone groups is 1. The number of carbonyl (C=O) groups excluding carboxylic acids is 1. The first-order valence-corrected chi connectivity index (χ1v) is 9.33. The van der Waals surface area contributed by atoms with Crippen LogP contribution in [-0.2, 0) is 14.6 Å². The molecule has 1 saturated heterocycles. The van der Waals surface area contributed by atoms with Crippen LogP contribution in [0.25, 0.3) is 0 Å². The van der Waals surface area contributed by atoms with Crippen molar-refractivity contribution in [1.29, 1.82) is 0 Å². The Balaban J connectivity index is 2.15. The number of carboxylic acid groups (broad SMARTS) is 1. The lowest BCUT2D eigenvalue weighted by Crippen LogP contribution is -2.39. The van der Waals surface area contributed by atoms with E-state index in [1.165, 1.54) is 12.1 Å². The molecule has 0 saturated carbocycles. The molecule has 1 aromatic rings. The minimum atomic E-state index is -3.46. The fourth-order valence-corrected chi connectivity index (χ4v) is 3.91. The molecule has 0 unspecified atom stereocenters. The highest BCUT2D eigenvalue weighted by Crippen LogP contribution is 2.24. The van der Waals surface area contributed by atoms with Gasteiger partial charge in [0.25, 0.3) is 5.91 Å². The molecular formula is C16H21NO5S. The number of aliphatic carboxylic acids is 1. The molecule has 1 aliphatic heterocycles. The smallest absolute Gasteiger partial charge is 0.303 e. The van der Waals surface area contributed by atoms with Crippen LogP contribution in [0.3, 0.4) is 0 Å². The number of rotatable bonds is 5. The van der Waals surface area contributed by atoms with Crippen LogP contribution >= 0.6 is 0 Å². The molecule has 126 valence electrons. The largest absolute Gasteiger partial charge is 0.481 e. The Kier molecular flexibility index (Phi) is 5.41. The molecule has 1 aliphatic rings. The molecule has 1 N–H and O–H groups in total. The highest BCUT2D eigenvalue weighted by atomic mass is 32.2. The Morgan fingerprint density at radius 1 is 1.22 bits per heavy atom. The third-order valence-electron chi connectivity index (χ3n) is 4.20. The molecule has 0 atom stereocenters. The highest BCUT2D eigenvalue weighted by Gasteiger charge is 2.28. The minimum absolute atomic E-state index is 0.0576. The summed E-state index contributed by atoms with van der Waals surface area (Å²) >= 11 is 0. The number of hydrogen-bond donors (Lipinski definition) is 1. The average Bonchev–Trinajstić information content (AvgIpc) is 2.54. The number of piperidine rings is 1. The van der Waals surface area contributed by atoms with E-state index in [-0.39, 0.29) is 34.5 Å². The lowest BCUT2D eigenvalue weighted by atomic mass is 9.93. The first-order valence-electron chi connectivity index (χ1n) is 7.68. The van der Waals surface area contributed by atoms with Gasteiger partial charge >= 0.3 is 5.97 Å². The number of carbonyl (C=O) groups is 2. The van der Waals surface area contributed by atoms with Gasteiger partial charge in [0.05, 0.1) is 16.2 Å². The van der Waals surface area contributed by atoms with Crippen LogP contribution in [0, 0.1) is 5.92 Å². The number of likely N-dealkylation sites (tertiary alicyclic amines) is 1. The van der Waals surface area contributed by atoms with E-state index in [9.17, 15) is 18.0 Å². The average molecular weight is 339 g/mol. The Morgan fingerprint density at radius 3 is 2.39 bits per heavy atom. The van der Waals surface area contributed by atoms with Crippen LogP contribution in [0.1, 0.15) is 36.5 Å². The van der Waals surface area contributed by atoms with E-state index >= 15 is 0 Å². The first-order chi connectivity index (χ1) is 10.8. The van der Waals surface area contributed by atoms with Gasteiger partial charge in [-0.15, -0.1) is 0 Å². The monoisotopic (exact) mass is 339 g/mol. The van der Waals surface area contributed by atoms with Gasteiger partial charge in [0.1, 0.15) is 0 Å². The molecule has 1 amide bonds. The number of nitrogens with zero attached hydrogens (tertiary/aromatic N) is 1. The van der Waals surface area contributed by atoms with E-state index in [2.05, 4.69) is 0 Å². The van der Waals surface area contributed by atoms with Crippen molar-refractivity contribution >= 4 is 21.7 Å². The van der Waals surface area contributed by atoms with Crippen molar-refractivity contribution in [2.45, 2.75) is 31.1 Å². The molecule has 0 bridgehead atoms. The van der Waals surface area contributed by atoms with E-state index in [1.54, 1.807) is 24.0 Å². The molecule has 2 rings (SSSR count). The molecule has 6 nitrogen and oxygen atoms in total. The first kappa shape index (κ1) is 17.5. The maximum absolute atomic E-state index is 12.7. The topological polar surface area (TPSA) is 91.8 Å². The van der Waals surface area contributed by atoms with Crippen LogP contribution in [0.4, 0.5) is 0 Å². The molecule has 1 aromatic carbocycles. The van der Waals surface area contributed by atoms with Gasteiger partial charge in [0, 0.05) is 19.5 Å². The summed E-state index contributed by atoms with van der Waals surface area (Å²) in [6.07, 6.45) is 1.37. The van der Waals surface area contributed by atoms with E-state index < -0.39 is 15.8 Å². The summed E-state index contributed by atoms with van der Waals surface area (Å²) in [5.74, 6) is -1.11. The number of benzene rings is 1. The van der Waals surface area contributed by atoms with Crippen molar-refractivity contribution in [2.75, 3.05) is 18.8 Å². The summed E-state index contributed by atoms with van der Waals surface area (Å²) in [5.41, 5.74) is 0.200. The second kappa shape index (κ2) is 7.12. The molecule has 7 heteroatoms. The molecule has 0 aliphatic carbocycles. The highest BCUT2D eigenvalue weighted by molar-refractivity contribution is 7.91. The summed E-state index contributed by atoms with van der Waals surface area (Å²) in [5, 5.41) is 8.82. The van der Waals surface area contributed by atoms with Crippen LogP contribution in [-0.4, -0.2) is 49.1 Å². The summed E-state index contributed by atoms with van der Waals surface area (Å²) in [6, 6.07) is 6.26. The number of hydrogen-bond acceptors (Lipinski definition) is 4. The van der Waals surface area contributed by atoms with Crippen molar-refractivity contribution in [3.8, 4) is 0 Å². The Labute approximate surface area is 136 Å². The molecule has 23 heavy (non-hydrogen) atoms. The predicted molar refractivity (Wildman–Crippen MR) is 85.0 cm³/mol. The van der Waals surface area contributed by atoms with Gasteiger partial charge < -0.3 is 10.0 Å². The summed E-state index contributed by atoms with van der Waals surface area (Å²) in [4.78, 5) is 25.1. The van der Waals surface area contributed by atoms with Crippen LogP contribution in [0.2, 0.25) is 0 Å². The molecule has 0 radical (unpaired) electrons. The zero-order chi connectivity index (χ0) is 17.0. The van der Waals surface area contributed by atoms with Gasteiger partial charge in [-0.3, -0.25) is 9.59 Å². The van der Waals surface area contributed by atoms with Gasteiger partial charge in [0.2, 0.25) is 0 Å². The third-order valence-corrected chi connectivity index (χ3v) is 5.98. The van der Waals surface area contributed by atoms with E-state index in [4.69, 9.17) is 5.11 Å². The lowest BCUT2D eigenvalue weighted by Gasteiger charge is -2.31. The van der Waals surface area contributed by atoms with Crippen molar-refractivity contribution in [3.63, 3.8) is 0 Å². The molecule has 1 heterocycles. The second-order valence-corrected chi connectivity index (χ2v) is 7.98. The van der Waals surface area contributed by atoms with Crippen LogP contribution < -0.4 is 0 Å². The van der Waals surface area contributed by atoms with E-state index in [0.29, 0.717) is 25.9 Å². The van der Waals surface area contributed by atoms with Gasteiger partial charge in [-0.1, -0.05) is 19.1 Å². The Bertz CT molecular complexity index is 690. The van der Waals surface area contributed by atoms with Gasteiger partial charge in [-0.2, -0.15) is 0 Å². The zero-order valence-corrected chi connectivity index (χ0v) is 13.9. The summed E-state index contributed by atoms with van der Waals surface area (Å²) < 4.78 is 24.3. The van der Waals surface area contributed by atoms with Gasteiger partial charge in [0.15, 0.2) is 9.84 Å². The van der Waals surface area contributed by atoms with Gasteiger partial charge in [-0.25, -0.2) is 8.42 Å². The van der Waals surface area contributed by atoms with E-state index in [1.807, 2.05) is 0 Å². The molecule has 1 fully saturated rings. The fraction of sp³-hybridized carbons (Fsp3) is 0.500. The summed E-state index contributed by atoms with van der Waals surface area (Å²) in [6.45, 7) is 2.46. The SMILES string of the molecule is CCS(=O)(=O)c1ccccc1C(=O)N1CCC(CC(=O)O)CC1. The second-order valence-electron chi connectivity index (χ2n) is 5.73. The van der Waals surface area contributed by atoms with Crippen LogP contribution in [0.15, 0.2) is 29.2 Å². The predicted octanol–water partition coefficient (Wildman–Crippen LogP) is 1.81. The van der Waals surface area contributed by atoms with E-state index in [0.717, 1.165) is 0 Å². The van der Waals surface area contributed by atoms with Crippen molar-refractivity contribution < 1.29 is 23.1 Å². The normalized spacial score (nSPS) is 16.3. The number of amides is 1. The standard InChI is InChI=1S/C16H21NO5S/c1-2-23(21,22)14-6-4-3-5-13(14)16(20)17-9-7-12(8-10-17)11-15(18)19/h3-6,12H,2,7-11H2,1H3,(H,18,19). The summed E-state index contributed by atoms with van der Waals surface area (Å²) in [7, 11) is -3.46. The van der Waals surface area contributed by atoms with Crippen molar-refractivity contribution in [2.24, 2.45) is 5.92 Å². The molecule has 0 aromatic heterocycles. The lowest BCUT2D eigenvalue weighted by molar-refractivity contribution is -0.138. The van der Waals surface area contributed by atoms with Gasteiger partial charge in [-0.05, 0) is 30.9 Å². The molecule has 0 spiro atoms. The Morgan fingerprint density at radius 2 is 1.83 bits per heavy atom. The third kappa shape index (κ3) is 4.10. The van der Waals surface area contributed by atoms with Crippen LogP contribution in [0.5, 0.6) is 0 Å².